The molecule has 0 spiro atoms. The predicted octanol–water partition coefficient (Wildman–Crippen LogP) is 6.88. The van der Waals surface area contributed by atoms with Gasteiger partial charge in [-0.3, -0.25) is 4.79 Å². The summed E-state index contributed by atoms with van der Waals surface area (Å²) in [6.45, 7) is 2.02. The molecule has 2 rings (SSSR count). The van der Waals surface area contributed by atoms with Crippen molar-refractivity contribution in [2.24, 2.45) is 0 Å². The number of carbonyl (C=O) groups is 2. The summed E-state index contributed by atoms with van der Waals surface area (Å²) in [5.74, 6) is -2.78. The summed E-state index contributed by atoms with van der Waals surface area (Å²) in [6.07, 6.45) is 5.06. The van der Waals surface area contributed by atoms with Crippen molar-refractivity contribution in [3.8, 4) is 0 Å². The lowest BCUT2D eigenvalue weighted by Crippen LogP contribution is -2.35. The Morgan fingerprint density at radius 1 is 0.806 bits per heavy atom. The van der Waals surface area contributed by atoms with Crippen molar-refractivity contribution in [2.45, 2.75) is 90.1 Å². The van der Waals surface area contributed by atoms with Crippen LogP contribution >= 0.6 is 0 Å². The zero-order chi connectivity index (χ0) is 26.6. The van der Waals surface area contributed by atoms with Crippen LogP contribution in [0.3, 0.4) is 0 Å². The molecule has 0 bridgehead atoms. The molecule has 0 radical (unpaired) electrons. The number of rotatable bonds is 14. The lowest BCUT2D eigenvalue weighted by atomic mass is 10.0. The summed E-state index contributed by atoms with van der Waals surface area (Å²) in [6, 6.07) is 11.2. The van der Waals surface area contributed by atoms with E-state index in [9.17, 15) is 33.0 Å². The highest BCUT2D eigenvalue weighted by Gasteiger charge is 2.30. The van der Waals surface area contributed by atoms with Gasteiger partial charge < -0.3 is 15.1 Å². The number of alkyl halides is 3. The van der Waals surface area contributed by atoms with Gasteiger partial charge in [0, 0.05) is 13.1 Å². The molecule has 1 unspecified atom stereocenters. The number of nitrogens with zero attached hydrogens (tertiary/aromatic N) is 1. The Morgan fingerprint density at radius 3 is 1.75 bits per heavy atom. The minimum atomic E-state index is -4.48. The first-order valence-electron chi connectivity index (χ1n) is 12.6. The van der Waals surface area contributed by atoms with Gasteiger partial charge in [0.15, 0.2) is 0 Å². The molecule has 0 aliphatic carbocycles. The Morgan fingerprint density at radius 2 is 1.28 bits per heavy atom. The van der Waals surface area contributed by atoms with E-state index in [0.29, 0.717) is 17.5 Å². The van der Waals surface area contributed by atoms with Crippen molar-refractivity contribution < 1.29 is 33.0 Å². The van der Waals surface area contributed by atoms with Crippen molar-refractivity contribution in [3.05, 3.63) is 70.8 Å². The van der Waals surface area contributed by atoms with Crippen LogP contribution in [-0.2, 0) is 28.9 Å². The van der Waals surface area contributed by atoms with E-state index in [-0.39, 0.29) is 13.1 Å². The van der Waals surface area contributed by atoms with Crippen LogP contribution in [0, 0.1) is 0 Å². The predicted molar refractivity (Wildman–Crippen MR) is 132 cm³/mol. The number of unbranched alkanes of at least 4 members (excludes halogenated alkanes) is 7. The van der Waals surface area contributed by atoms with E-state index in [1.807, 2.05) is 0 Å². The Hall–Kier alpha value is -2.87. The summed E-state index contributed by atoms with van der Waals surface area (Å²) < 4.78 is 38.4. The average Bonchev–Trinajstić information content (AvgIpc) is 2.84. The highest BCUT2D eigenvalue weighted by atomic mass is 19.4. The number of aliphatic hydroxyl groups excluding tert-OH is 1. The van der Waals surface area contributed by atoms with Crippen molar-refractivity contribution in [1.29, 1.82) is 0 Å². The molecule has 0 saturated heterocycles. The summed E-state index contributed by atoms with van der Waals surface area (Å²) >= 11 is 0. The molecule has 0 saturated carbocycles. The molecule has 1 amide bonds. The van der Waals surface area contributed by atoms with Crippen LogP contribution in [0.4, 0.5) is 13.2 Å². The van der Waals surface area contributed by atoms with E-state index in [4.69, 9.17) is 0 Å². The number of aliphatic hydroxyl groups is 1. The lowest BCUT2D eigenvalue weighted by molar-refractivity contribution is -0.156. The van der Waals surface area contributed by atoms with Crippen LogP contribution < -0.4 is 0 Å². The largest absolute Gasteiger partial charge is 0.474 e. The summed E-state index contributed by atoms with van der Waals surface area (Å²) in [4.78, 5) is 24.6. The molecule has 198 valence electrons. The molecule has 0 aliphatic heterocycles. The second kappa shape index (κ2) is 14.6. The smallest absolute Gasteiger partial charge is 0.416 e. The number of halogens is 3. The van der Waals surface area contributed by atoms with Crippen LogP contribution in [0.15, 0.2) is 48.5 Å². The molecule has 5 nitrogen and oxygen atoms in total. The molecule has 0 aliphatic rings. The van der Waals surface area contributed by atoms with E-state index in [1.54, 1.807) is 24.3 Å². The maximum absolute atomic E-state index is 12.8. The van der Waals surface area contributed by atoms with Gasteiger partial charge >= 0.3 is 18.1 Å². The summed E-state index contributed by atoms with van der Waals surface area (Å²) in [5.41, 5.74) is 0.971. The number of hydrogen-bond donors (Lipinski definition) is 2. The Kier molecular flexibility index (Phi) is 11.9. The molecule has 2 aromatic carbocycles. The molecule has 1 atom stereocenters. The quantitative estimate of drug-likeness (QED) is 0.216. The van der Waals surface area contributed by atoms with Crippen LogP contribution in [0.1, 0.15) is 93.1 Å². The van der Waals surface area contributed by atoms with Gasteiger partial charge in [-0.25, -0.2) is 4.79 Å². The van der Waals surface area contributed by atoms with Crippen LogP contribution in [-0.4, -0.2) is 27.0 Å². The molecule has 0 heterocycles. The Bertz CT molecular complexity index is 943. The SMILES string of the molecule is CCCCCCCCCCC(O)c1ccc(CN(Cc2ccc(C(F)(F)F)cc2)C(=O)C(=O)O)cc1. The normalized spacial score (nSPS) is 12.4. The number of carboxylic acid groups (broad SMARTS) is 1. The fraction of sp³-hybridized carbons (Fsp3) is 0.500. The van der Waals surface area contributed by atoms with E-state index >= 15 is 0 Å². The lowest BCUT2D eigenvalue weighted by Gasteiger charge is -2.21. The standard InChI is InChI=1S/C28H36F3NO4/c1-2-3-4-5-6-7-8-9-10-25(33)23-15-11-21(12-16-23)19-32(26(34)27(35)36)20-22-13-17-24(18-14-22)28(29,30)31/h11-18,25,33H,2-10,19-20H2,1H3,(H,35,36). The van der Waals surface area contributed by atoms with E-state index in [1.165, 1.54) is 50.7 Å². The first kappa shape index (κ1) is 29.4. The maximum atomic E-state index is 12.8. The third kappa shape index (κ3) is 10.0. The number of amides is 1. The topological polar surface area (TPSA) is 77.8 Å². The molecule has 0 fully saturated rings. The highest BCUT2D eigenvalue weighted by molar-refractivity contribution is 6.31. The van der Waals surface area contributed by atoms with E-state index < -0.39 is 29.7 Å². The van der Waals surface area contributed by atoms with Crippen molar-refractivity contribution in [3.63, 3.8) is 0 Å². The molecular weight excluding hydrogens is 471 g/mol. The first-order chi connectivity index (χ1) is 17.1. The van der Waals surface area contributed by atoms with Gasteiger partial charge in [-0.2, -0.15) is 13.2 Å². The monoisotopic (exact) mass is 507 g/mol. The van der Waals surface area contributed by atoms with Gasteiger partial charge in [0.25, 0.3) is 0 Å². The van der Waals surface area contributed by atoms with E-state index in [2.05, 4.69) is 6.92 Å². The van der Waals surface area contributed by atoms with Crippen molar-refractivity contribution >= 4 is 11.9 Å². The van der Waals surface area contributed by atoms with Crippen LogP contribution in [0.25, 0.3) is 0 Å². The molecular formula is C28H36F3NO4. The van der Waals surface area contributed by atoms with Gasteiger partial charge in [-0.1, -0.05) is 94.7 Å². The summed E-state index contributed by atoms with van der Waals surface area (Å²) in [7, 11) is 0. The third-order valence-electron chi connectivity index (χ3n) is 6.19. The van der Waals surface area contributed by atoms with E-state index in [0.717, 1.165) is 35.4 Å². The van der Waals surface area contributed by atoms with Gasteiger partial charge in [-0.15, -0.1) is 0 Å². The highest BCUT2D eigenvalue weighted by Crippen LogP contribution is 2.29. The molecule has 0 aromatic heterocycles. The van der Waals surface area contributed by atoms with Crippen molar-refractivity contribution in [2.75, 3.05) is 0 Å². The molecule has 2 N–H and O–H groups in total. The average molecular weight is 508 g/mol. The molecule has 36 heavy (non-hydrogen) atoms. The zero-order valence-electron chi connectivity index (χ0n) is 20.8. The zero-order valence-corrected chi connectivity index (χ0v) is 20.8. The Balaban J connectivity index is 1.91. The number of carbonyl (C=O) groups excluding carboxylic acids is 1. The van der Waals surface area contributed by atoms with Gasteiger partial charge in [-0.05, 0) is 35.2 Å². The molecule has 2 aromatic rings. The minimum Gasteiger partial charge on any atom is -0.474 e. The van der Waals surface area contributed by atoms with Gasteiger partial charge in [0.2, 0.25) is 0 Å². The first-order valence-corrected chi connectivity index (χ1v) is 12.6. The van der Waals surface area contributed by atoms with Crippen LogP contribution in [0.2, 0.25) is 0 Å². The molecule has 8 heteroatoms. The van der Waals surface area contributed by atoms with Gasteiger partial charge in [0.1, 0.15) is 0 Å². The summed E-state index contributed by atoms with van der Waals surface area (Å²) in [5, 5.41) is 19.7. The third-order valence-corrected chi connectivity index (χ3v) is 6.19. The van der Waals surface area contributed by atoms with Gasteiger partial charge in [0.05, 0.1) is 11.7 Å². The Labute approximate surface area is 210 Å². The second-order valence-electron chi connectivity index (χ2n) is 9.18. The second-order valence-corrected chi connectivity index (χ2v) is 9.18. The number of aliphatic carboxylic acids is 1. The minimum absolute atomic E-state index is 0.0272. The number of carboxylic acids is 1. The number of hydrogen-bond acceptors (Lipinski definition) is 3. The maximum Gasteiger partial charge on any atom is 0.416 e. The fourth-order valence-corrected chi connectivity index (χ4v) is 4.06. The number of benzene rings is 2. The van der Waals surface area contributed by atoms with Crippen molar-refractivity contribution in [1.82, 2.24) is 4.90 Å². The fourth-order valence-electron chi connectivity index (χ4n) is 4.06. The van der Waals surface area contributed by atoms with Crippen LogP contribution in [0.5, 0.6) is 0 Å².